The number of methoxy groups -OCH3 is 1. The first-order valence-corrected chi connectivity index (χ1v) is 6.47. The van der Waals surface area contributed by atoms with Gasteiger partial charge >= 0.3 is 0 Å². The van der Waals surface area contributed by atoms with Crippen LogP contribution in [0.25, 0.3) is 0 Å². The predicted octanol–water partition coefficient (Wildman–Crippen LogP) is 2.61. The number of nitrogens with two attached hydrogens (primary N) is 1. The molecule has 18 heavy (non-hydrogen) atoms. The maximum atomic E-state index is 5.88. The van der Waals surface area contributed by atoms with Gasteiger partial charge in [0.1, 0.15) is 5.01 Å². The fourth-order valence-electron chi connectivity index (χ4n) is 1.52. The Morgan fingerprint density at radius 2 is 2.17 bits per heavy atom. The number of anilines is 2. The van der Waals surface area contributed by atoms with Gasteiger partial charge in [0, 0.05) is 17.1 Å². The van der Waals surface area contributed by atoms with Crippen molar-refractivity contribution in [2.45, 2.75) is 19.9 Å². The normalized spacial score (nSPS) is 12.2. The summed E-state index contributed by atoms with van der Waals surface area (Å²) in [5.74, 6) is 1.16. The molecule has 0 saturated heterocycles. The van der Waals surface area contributed by atoms with Gasteiger partial charge in [0.15, 0.2) is 5.82 Å². The Balaban J connectivity index is 2.18. The van der Waals surface area contributed by atoms with Crippen LogP contribution in [0.2, 0.25) is 0 Å². The second kappa shape index (κ2) is 5.22. The summed E-state index contributed by atoms with van der Waals surface area (Å²) < 4.78 is 5.08. The van der Waals surface area contributed by atoms with E-state index in [1.807, 2.05) is 19.2 Å². The topological polar surface area (TPSA) is 73.1 Å². The minimum absolute atomic E-state index is 0.0607. The molecule has 3 N–H and O–H groups in total. The van der Waals surface area contributed by atoms with Gasteiger partial charge in [0.05, 0.1) is 18.8 Å². The summed E-state index contributed by atoms with van der Waals surface area (Å²) in [5.41, 5.74) is 7.49. The van der Waals surface area contributed by atoms with Crippen molar-refractivity contribution in [1.82, 2.24) is 9.97 Å². The van der Waals surface area contributed by atoms with Crippen molar-refractivity contribution >= 4 is 22.8 Å². The Labute approximate surface area is 110 Å². The molecule has 1 atom stereocenters. The van der Waals surface area contributed by atoms with E-state index in [9.17, 15) is 0 Å². The number of nitrogens with zero attached hydrogens (tertiary/aromatic N) is 2. The first kappa shape index (κ1) is 12.6. The zero-order valence-electron chi connectivity index (χ0n) is 10.6. The van der Waals surface area contributed by atoms with Gasteiger partial charge in [-0.3, -0.25) is 0 Å². The SMILES string of the molecule is COc1ccc(N)c(NC(C)c2nc(C)cs2)n1. The van der Waals surface area contributed by atoms with E-state index in [1.54, 1.807) is 30.6 Å². The third-order valence-electron chi connectivity index (χ3n) is 2.47. The molecule has 0 aliphatic rings. The van der Waals surface area contributed by atoms with Crippen molar-refractivity contribution in [3.05, 3.63) is 28.2 Å². The summed E-state index contributed by atoms with van der Waals surface area (Å²) in [4.78, 5) is 8.72. The number of hydrogen-bond donors (Lipinski definition) is 2. The highest BCUT2D eigenvalue weighted by Crippen LogP contribution is 2.26. The minimum Gasteiger partial charge on any atom is -0.481 e. The average molecular weight is 264 g/mol. The van der Waals surface area contributed by atoms with E-state index in [4.69, 9.17) is 10.5 Å². The number of nitrogen functional groups attached to an aromatic ring is 1. The summed E-state index contributed by atoms with van der Waals surface area (Å²) in [6.45, 7) is 4.00. The van der Waals surface area contributed by atoms with Crippen LogP contribution >= 0.6 is 11.3 Å². The van der Waals surface area contributed by atoms with Crippen molar-refractivity contribution in [2.75, 3.05) is 18.2 Å². The number of aryl methyl sites for hydroxylation is 1. The number of ether oxygens (including phenoxy) is 1. The van der Waals surface area contributed by atoms with Crippen LogP contribution in [0, 0.1) is 6.92 Å². The Morgan fingerprint density at radius 3 is 2.78 bits per heavy atom. The molecule has 2 aromatic rings. The molecule has 5 nitrogen and oxygen atoms in total. The number of aromatic nitrogens is 2. The second-order valence-electron chi connectivity index (χ2n) is 3.98. The fourth-order valence-corrected chi connectivity index (χ4v) is 2.32. The van der Waals surface area contributed by atoms with Crippen LogP contribution in [0.15, 0.2) is 17.5 Å². The van der Waals surface area contributed by atoms with Gasteiger partial charge in [-0.25, -0.2) is 4.98 Å². The van der Waals surface area contributed by atoms with Crippen molar-refractivity contribution in [3.63, 3.8) is 0 Å². The second-order valence-corrected chi connectivity index (χ2v) is 4.87. The lowest BCUT2D eigenvalue weighted by molar-refractivity contribution is 0.398. The molecule has 0 saturated carbocycles. The van der Waals surface area contributed by atoms with Crippen molar-refractivity contribution < 1.29 is 4.74 Å². The molecule has 96 valence electrons. The van der Waals surface area contributed by atoms with Crippen LogP contribution in [0.5, 0.6) is 5.88 Å². The Hall–Kier alpha value is -1.82. The molecule has 2 rings (SSSR count). The quantitative estimate of drug-likeness (QED) is 0.888. The summed E-state index contributed by atoms with van der Waals surface area (Å²) >= 11 is 1.62. The smallest absolute Gasteiger partial charge is 0.215 e. The molecule has 0 amide bonds. The van der Waals surface area contributed by atoms with Gasteiger partial charge in [-0.1, -0.05) is 0 Å². The standard InChI is InChI=1S/C12H16N4OS/c1-7-6-18-12(14-7)8(2)15-11-9(13)4-5-10(16-11)17-3/h4-6,8H,13H2,1-3H3,(H,15,16). The summed E-state index contributed by atoms with van der Waals surface area (Å²) in [5, 5.41) is 6.28. The molecule has 6 heteroatoms. The maximum absolute atomic E-state index is 5.88. The van der Waals surface area contributed by atoms with Gasteiger partial charge in [-0.05, 0) is 19.9 Å². The van der Waals surface area contributed by atoms with Crippen LogP contribution in [-0.4, -0.2) is 17.1 Å². The fraction of sp³-hybridized carbons (Fsp3) is 0.333. The third kappa shape index (κ3) is 2.70. The predicted molar refractivity (Wildman–Crippen MR) is 74.1 cm³/mol. The summed E-state index contributed by atoms with van der Waals surface area (Å²) in [7, 11) is 1.58. The number of hydrogen-bond acceptors (Lipinski definition) is 6. The van der Waals surface area contributed by atoms with Crippen LogP contribution < -0.4 is 15.8 Å². The van der Waals surface area contributed by atoms with Crippen LogP contribution in [0.4, 0.5) is 11.5 Å². The van der Waals surface area contributed by atoms with E-state index in [1.165, 1.54) is 0 Å². The Kier molecular flexibility index (Phi) is 3.66. The Bertz CT molecular complexity index is 541. The number of thiazole rings is 1. The lowest BCUT2D eigenvalue weighted by Crippen LogP contribution is -2.10. The van der Waals surface area contributed by atoms with Crippen molar-refractivity contribution in [3.8, 4) is 5.88 Å². The number of nitrogens with one attached hydrogen (secondary N) is 1. The third-order valence-corrected chi connectivity index (χ3v) is 3.62. The van der Waals surface area contributed by atoms with Gasteiger partial charge in [-0.2, -0.15) is 4.98 Å². The highest BCUT2D eigenvalue weighted by molar-refractivity contribution is 7.09. The zero-order valence-corrected chi connectivity index (χ0v) is 11.4. The van der Waals surface area contributed by atoms with Crippen molar-refractivity contribution in [1.29, 1.82) is 0 Å². The van der Waals surface area contributed by atoms with E-state index < -0.39 is 0 Å². The van der Waals surface area contributed by atoms with E-state index in [2.05, 4.69) is 15.3 Å². The van der Waals surface area contributed by atoms with Gasteiger partial charge < -0.3 is 15.8 Å². The molecule has 0 radical (unpaired) electrons. The molecular weight excluding hydrogens is 248 g/mol. The van der Waals surface area contributed by atoms with E-state index in [0.717, 1.165) is 10.7 Å². The van der Waals surface area contributed by atoms with E-state index in [-0.39, 0.29) is 6.04 Å². The highest BCUT2D eigenvalue weighted by Gasteiger charge is 2.12. The molecule has 0 aromatic carbocycles. The minimum atomic E-state index is 0.0607. The Morgan fingerprint density at radius 1 is 1.39 bits per heavy atom. The van der Waals surface area contributed by atoms with E-state index >= 15 is 0 Å². The lowest BCUT2D eigenvalue weighted by atomic mass is 10.3. The molecule has 0 spiro atoms. The maximum Gasteiger partial charge on any atom is 0.215 e. The largest absolute Gasteiger partial charge is 0.481 e. The molecular formula is C12H16N4OS. The molecule has 0 aliphatic heterocycles. The summed E-state index contributed by atoms with van der Waals surface area (Å²) in [6, 6.07) is 3.57. The molecule has 1 unspecified atom stereocenters. The molecule has 2 heterocycles. The zero-order chi connectivity index (χ0) is 13.1. The molecule has 2 aromatic heterocycles. The lowest BCUT2D eigenvalue weighted by Gasteiger charge is -2.14. The molecule has 0 aliphatic carbocycles. The van der Waals surface area contributed by atoms with Crippen LogP contribution in [-0.2, 0) is 0 Å². The van der Waals surface area contributed by atoms with E-state index in [0.29, 0.717) is 17.4 Å². The van der Waals surface area contributed by atoms with Crippen LogP contribution in [0.3, 0.4) is 0 Å². The molecule has 0 fully saturated rings. The number of rotatable bonds is 4. The number of pyridine rings is 1. The first-order chi connectivity index (χ1) is 8.60. The van der Waals surface area contributed by atoms with Crippen LogP contribution in [0.1, 0.15) is 23.7 Å². The van der Waals surface area contributed by atoms with Crippen molar-refractivity contribution in [2.24, 2.45) is 0 Å². The molecule has 0 bridgehead atoms. The van der Waals surface area contributed by atoms with Gasteiger partial charge in [0.2, 0.25) is 5.88 Å². The van der Waals surface area contributed by atoms with Gasteiger partial charge in [-0.15, -0.1) is 11.3 Å². The van der Waals surface area contributed by atoms with Gasteiger partial charge in [0.25, 0.3) is 0 Å². The highest BCUT2D eigenvalue weighted by atomic mass is 32.1. The monoisotopic (exact) mass is 264 g/mol. The average Bonchev–Trinajstić information content (AvgIpc) is 2.79. The first-order valence-electron chi connectivity index (χ1n) is 5.59. The summed E-state index contributed by atoms with van der Waals surface area (Å²) in [6.07, 6.45) is 0.